The lowest BCUT2D eigenvalue weighted by molar-refractivity contribution is -0.165. The number of halogens is 2. The molecule has 0 N–H and O–H groups in total. The van der Waals surface area contributed by atoms with Crippen LogP contribution >= 0.6 is 0 Å². The van der Waals surface area contributed by atoms with Crippen molar-refractivity contribution in [2.75, 3.05) is 6.61 Å². The van der Waals surface area contributed by atoms with Crippen molar-refractivity contribution in [3.8, 4) is 0 Å². The minimum absolute atomic E-state index is 0.0326. The van der Waals surface area contributed by atoms with Crippen LogP contribution in [0.5, 0.6) is 0 Å². The molecule has 0 aromatic carbocycles. The molecular formula is C16H20F2O6. The zero-order valence-corrected chi connectivity index (χ0v) is 14.0. The normalized spacial score (nSPS) is 15.1. The highest BCUT2D eigenvalue weighted by atomic mass is 19.3. The fraction of sp³-hybridized carbons (Fsp3) is 0.562. The lowest BCUT2D eigenvalue weighted by Gasteiger charge is -2.19. The van der Waals surface area contributed by atoms with Crippen LogP contribution in [0, 0.1) is 0 Å². The van der Waals surface area contributed by atoms with Crippen molar-refractivity contribution in [1.82, 2.24) is 0 Å². The Balaban J connectivity index is 2.53. The number of allylic oxidation sites excluding steroid dienone is 3. The minimum Gasteiger partial charge on any atom is -0.457 e. The highest BCUT2D eigenvalue weighted by molar-refractivity contribution is 5.90. The van der Waals surface area contributed by atoms with Crippen LogP contribution < -0.4 is 0 Å². The lowest BCUT2D eigenvalue weighted by atomic mass is 10.0. The van der Waals surface area contributed by atoms with Gasteiger partial charge in [-0.3, -0.25) is 0 Å². The Morgan fingerprint density at radius 1 is 1.08 bits per heavy atom. The highest BCUT2D eigenvalue weighted by Crippen LogP contribution is 2.23. The van der Waals surface area contributed by atoms with Crippen LogP contribution in [0.15, 0.2) is 23.5 Å². The molecule has 0 aromatic rings. The number of alkyl halides is 2. The van der Waals surface area contributed by atoms with Gasteiger partial charge in [0.2, 0.25) is 0 Å². The summed E-state index contributed by atoms with van der Waals surface area (Å²) in [6, 6.07) is 0. The molecule has 0 atom stereocenters. The highest BCUT2D eigenvalue weighted by Gasteiger charge is 2.35. The summed E-state index contributed by atoms with van der Waals surface area (Å²) in [6.45, 7) is 4.96. The second kappa shape index (κ2) is 7.55. The number of hydrogen-bond acceptors (Lipinski definition) is 6. The van der Waals surface area contributed by atoms with Gasteiger partial charge in [-0.1, -0.05) is 0 Å². The summed E-state index contributed by atoms with van der Waals surface area (Å²) in [5.74, 6) is -6.61. The van der Waals surface area contributed by atoms with E-state index in [4.69, 9.17) is 9.47 Å². The topological polar surface area (TPSA) is 78.9 Å². The summed E-state index contributed by atoms with van der Waals surface area (Å²) in [6.07, 6.45) is 2.78. The first-order valence-corrected chi connectivity index (χ1v) is 7.27. The average Bonchev–Trinajstić information content (AvgIpc) is 2.42. The molecule has 24 heavy (non-hydrogen) atoms. The molecule has 0 amide bonds. The Morgan fingerprint density at radius 3 is 2.17 bits per heavy atom. The Labute approximate surface area is 138 Å². The van der Waals surface area contributed by atoms with Crippen molar-refractivity contribution >= 4 is 17.9 Å². The molecule has 0 heterocycles. The first-order valence-electron chi connectivity index (χ1n) is 7.27. The maximum atomic E-state index is 12.7. The van der Waals surface area contributed by atoms with Crippen LogP contribution in [0.25, 0.3) is 0 Å². The fourth-order valence-electron chi connectivity index (χ4n) is 1.67. The van der Waals surface area contributed by atoms with Crippen LogP contribution in [0.4, 0.5) is 8.78 Å². The number of rotatable bonds is 5. The van der Waals surface area contributed by atoms with E-state index in [0.717, 1.165) is 0 Å². The largest absolute Gasteiger partial charge is 0.457 e. The van der Waals surface area contributed by atoms with Crippen LogP contribution in [-0.4, -0.2) is 36.0 Å². The maximum Gasteiger partial charge on any atom is 0.381 e. The SMILES string of the molecule is CC(C)(C)OC(=O)COC(=O)C1=CC=C(OC(=O)C(C)(F)F)CC1. The fourth-order valence-corrected chi connectivity index (χ4v) is 1.67. The van der Waals surface area contributed by atoms with Gasteiger partial charge in [0.05, 0.1) is 0 Å². The minimum atomic E-state index is -3.59. The molecule has 1 rings (SSSR count). The van der Waals surface area contributed by atoms with E-state index in [-0.39, 0.29) is 24.2 Å². The Hall–Kier alpha value is -2.25. The lowest BCUT2D eigenvalue weighted by Crippen LogP contribution is -2.28. The van der Waals surface area contributed by atoms with Crippen LogP contribution in [0.1, 0.15) is 40.5 Å². The molecule has 0 bridgehead atoms. The van der Waals surface area contributed by atoms with E-state index in [9.17, 15) is 23.2 Å². The molecule has 1 aliphatic rings. The number of hydrogen-bond donors (Lipinski definition) is 0. The third-order valence-electron chi connectivity index (χ3n) is 2.70. The summed E-state index contributed by atoms with van der Waals surface area (Å²) in [7, 11) is 0. The number of esters is 3. The first-order chi connectivity index (χ1) is 10.9. The van der Waals surface area contributed by atoms with E-state index >= 15 is 0 Å². The maximum absolute atomic E-state index is 12.7. The molecule has 0 unspecified atom stereocenters. The molecule has 6 nitrogen and oxygen atoms in total. The van der Waals surface area contributed by atoms with Crippen molar-refractivity contribution in [1.29, 1.82) is 0 Å². The van der Waals surface area contributed by atoms with Gasteiger partial charge in [0, 0.05) is 18.9 Å². The van der Waals surface area contributed by atoms with Crippen LogP contribution in [0.2, 0.25) is 0 Å². The molecule has 0 aromatic heterocycles. The zero-order valence-electron chi connectivity index (χ0n) is 14.0. The third-order valence-corrected chi connectivity index (χ3v) is 2.70. The monoisotopic (exact) mass is 346 g/mol. The van der Waals surface area contributed by atoms with Gasteiger partial charge in [-0.25, -0.2) is 14.4 Å². The molecule has 8 heteroatoms. The van der Waals surface area contributed by atoms with E-state index < -0.39 is 36.0 Å². The summed E-state index contributed by atoms with van der Waals surface area (Å²) in [5.41, 5.74) is -0.446. The standard InChI is InChI=1S/C16H20F2O6/c1-15(2,3)24-12(19)9-22-13(20)10-5-7-11(8-6-10)23-14(21)16(4,17)18/h5,7H,6,8-9H2,1-4H3. The van der Waals surface area contributed by atoms with Gasteiger partial charge in [0.1, 0.15) is 11.4 Å². The van der Waals surface area contributed by atoms with Crippen LogP contribution in [-0.2, 0) is 28.6 Å². The molecule has 0 saturated heterocycles. The van der Waals surface area contributed by atoms with Crippen molar-refractivity contribution in [2.24, 2.45) is 0 Å². The van der Waals surface area contributed by atoms with Crippen LogP contribution in [0.3, 0.4) is 0 Å². The molecule has 0 aliphatic heterocycles. The van der Waals surface area contributed by atoms with Crippen molar-refractivity contribution in [3.63, 3.8) is 0 Å². The second-order valence-corrected chi connectivity index (χ2v) is 6.27. The molecule has 0 spiro atoms. The number of ether oxygens (including phenoxy) is 3. The van der Waals surface area contributed by atoms with Crippen molar-refractivity contribution in [3.05, 3.63) is 23.5 Å². The quantitative estimate of drug-likeness (QED) is 0.562. The van der Waals surface area contributed by atoms with Gasteiger partial charge >= 0.3 is 23.8 Å². The smallest absolute Gasteiger partial charge is 0.381 e. The predicted octanol–water partition coefficient (Wildman–Crippen LogP) is 2.67. The zero-order chi connectivity index (χ0) is 18.5. The predicted molar refractivity (Wildman–Crippen MR) is 78.9 cm³/mol. The summed E-state index contributed by atoms with van der Waals surface area (Å²) in [5, 5.41) is 0. The Kier molecular flexibility index (Phi) is 6.22. The van der Waals surface area contributed by atoms with Crippen molar-refractivity contribution < 1.29 is 37.4 Å². The second-order valence-electron chi connectivity index (χ2n) is 6.27. The molecule has 134 valence electrons. The molecule has 0 radical (unpaired) electrons. The van der Waals surface area contributed by atoms with Gasteiger partial charge in [0.15, 0.2) is 6.61 Å². The Morgan fingerprint density at radius 2 is 1.71 bits per heavy atom. The first kappa shape index (κ1) is 19.8. The molecule has 0 fully saturated rings. The summed E-state index contributed by atoms with van der Waals surface area (Å²) < 4.78 is 39.8. The summed E-state index contributed by atoms with van der Waals surface area (Å²) in [4.78, 5) is 34.3. The summed E-state index contributed by atoms with van der Waals surface area (Å²) >= 11 is 0. The molecule has 0 saturated carbocycles. The third kappa shape index (κ3) is 6.89. The van der Waals surface area contributed by atoms with E-state index in [1.807, 2.05) is 0 Å². The molecular weight excluding hydrogens is 326 g/mol. The van der Waals surface area contributed by atoms with Gasteiger partial charge in [-0.05, 0) is 39.3 Å². The van der Waals surface area contributed by atoms with E-state index in [0.29, 0.717) is 6.92 Å². The van der Waals surface area contributed by atoms with Gasteiger partial charge < -0.3 is 14.2 Å². The van der Waals surface area contributed by atoms with Gasteiger partial charge in [-0.15, -0.1) is 0 Å². The number of carbonyl (C=O) groups is 3. The Bertz CT molecular complexity index is 578. The molecule has 1 aliphatic carbocycles. The van der Waals surface area contributed by atoms with E-state index in [2.05, 4.69) is 4.74 Å². The van der Waals surface area contributed by atoms with Gasteiger partial charge in [-0.2, -0.15) is 8.78 Å². The van der Waals surface area contributed by atoms with Crippen molar-refractivity contribution in [2.45, 2.75) is 52.1 Å². The van der Waals surface area contributed by atoms with Gasteiger partial charge in [0.25, 0.3) is 0 Å². The van der Waals surface area contributed by atoms with E-state index in [1.165, 1.54) is 12.2 Å². The number of carbonyl (C=O) groups excluding carboxylic acids is 3. The average molecular weight is 346 g/mol. The van der Waals surface area contributed by atoms with E-state index in [1.54, 1.807) is 20.8 Å².